The molecule has 20 heavy (non-hydrogen) atoms. The number of rotatable bonds is 2. The molecule has 7 heteroatoms. The summed E-state index contributed by atoms with van der Waals surface area (Å²) in [5, 5.41) is 2.33. The van der Waals surface area contributed by atoms with E-state index in [1.807, 2.05) is 0 Å². The molecule has 1 amide bonds. The summed E-state index contributed by atoms with van der Waals surface area (Å²) in [5.41, 5.74) is 11.8. The Kier molecular flexibility index (Phi) is 3.89. The van der Waals surface area contributed by atoms with Gasteiger partial charge in [0.2, 0.25) is 0 Å². The molecule has 0 atom stereocenters. The number of amides is 1. The van der Waals surface area contributed by atoms with Gasteiger partial charge in [-0.3, -0.25) is 4.79 Å². The summed E-state index contributed by atoms with van der Waals surface area (Å²) in [4.78, 5) is 12.0. The first-order valence-corrected chi connectivity index (χ1v) is 6.28. The summed E-state index contributed by atoms with van der Waals surface area (Å²) >= 11 is 2.92. The third kappa shape index (κ3) is 3.05. The molecule has 2 aromatic carbocycles. The van der Waals surface area contributed by atoms with Crippen LogP contribution in [0.1, 0.15) is 10.4 Å². The molecule has 0 aliphatic rings. The molecule has 104 valence electrons. The lowest BCUT2D eigenvalue weighted by Crippen LogP contribution is -2.14. The van der Waals surface area contributed by atoms with E-state index in [4.69, 9.17) is 11.5 Å². The predicted octanol–water partition coefficient (Wildman–Crippen LogP) is 3.14. The molecule has 5 N–H and O–H groups in total. The smallest absolute Gasteiger partial charge is 0.255 e. The Morgan fingerprint density at radius 2 is 1.60 bits per heavy atom. The largest absolute Gasteiger partial charge is 0.399 e. The van der Waals surface area contributed by atoms with Gasteiger partial charge in [-0.15, -0.1) is 0 Å². The van der Waals surface area contributed by atoms with Crippen LogP contribution in [0.5, 0.6) is 0 Å². The lowest BCUT2D eigenvalue weighted by molar-refractivity contribution is 0.102. The van der Waals surface area contributed by atoms with Crippen molar-refractivity contribution in [1.82, 2.24) is 0 Å². The SMILES string of the molecule is Nc1cc(N)cc(C(=O)Nc2cc(Br)c(F)cc2F)c1. The Morgan fingerprint density at radius 3 is 2.20 bits per heavy atom. The van der Waals surface area contributed by atoms with Crippen LogP contribution in [0.2, 0.25) is 0 Å². The van der Waals surface area contributed by atoms with Gasteiger partial charge in [0.15, 0.2) is 0 Å². The highest BCUT2D eigenvalue weighted by atomic mass is 79.9. The first kappa shape index (κ1) is 14.3. The van der Waals surface area contributed by atoms with Gasteiger partial charge in [0.1, 0.15) is 11.6 Å². The summed E-state index contributed by atoms with van der Waals surface area (Å²) in [6.45, 7) is 0. The molecule has 0 unspecified atom stereocenters. The first-order chi connectivity index (χ1) is 9.36. The average molecular weight is 342 g/mol. The molecule has 2 rings (SSSR count). The number of nitrogens with two attached hydrogens (primary N) is 2. The number of nitrogen functional groups attached to an aromatic ring is 2. The van der Waals surface area contributed by atoms with Crippen LogP contribution in [0.15, 0.2) is 34.8 Å². The van der Waals surface area contributed by atoms with E-state index in [9.17, 15) is 13.6 Å². The fraction of sp³-hybridized carbons (Fsp3) is 0. The average Bonchev–Trinajstić information content (AvgIpc) is 2.34. The van der Waals surface area contributed by atoms with E-state index in [0.717, 1.165) is 6.07 Å². The van der Waals surface area contributed by atoms with Crippen LogP contribution >= 0.6 is 15.9 Å². The summed E-state index contributed by atoms with van der Waals surface area (Å²) in [6, 6.07) is 6.11. The summed E-state index contributed by atoms with van der Waals surface area (Å²) in [6.07, 6.45) is 0. The highest BCUT2D eigenvalue weighted by Gasteiger charge is 2.13. The van der Waals surface area contributed by atoms with Crippen molar-refractivity contribution in [2.24, 2.45) is 0 Å². The van der Waals surface area contributed by atoms with E-state index in [-0.39, 0.29) is 15.7 Å². The van der Waals surface area contributed by atoms with Crippen molar-refractivity contribution in [3.8, 4) is 0 Å². The monoisotopic (exact) mass is 341 g/mol. The minimum Gasteiger partial charge on any atom is -0.399 e. The summed E-state index contributed by atoms with van der Waals surface area (Å²) < 4.78 is 26.7. The van der Waals surface area contributed by atoms with E-state index in [1.54, 1.807) is 0 Å². The molecule has 2 aromatic rings. The molecule has 0 heterocycles. The van der Waals surface area contributed by atoms with Crippen LogP contribution in [-0.2, 0) is 0 Å². The number of halogens is 3. The quantitative estimate of drug-likeness (QED) is 0.579. The second-order valence-electron chi connectivity index (χ2n) is 4.09. The minimum atomic E-state index is -0.879. The Hall–Kier alpha value is -2.15. The van der Waals surface area contributed by atoms with Gasteiger partial charge < -0.3 is 16.8 Å². The fourth-order valence-electron chi connectivity index (χ4n) is 1.62. The van der Waals surface area contributed by atoms with E-state index < -0.39 is 17.5 Å². The van der Waals surface area contributed by atoms with Crippen LogP contribution in [0.3, 0.4) is 0 Å². The summed E-state index contributed by atoms with van der Waals surface area (Å²) in [7, 11) is 0. The zero-order chi connectivity index (χ0) is 14.9. The number of anilines is 3. The standard InChI is InChI=1S/C13H10BrF2N3O/c14-9-4-12(11(16)5-10(9)15)19-13(20)6-1-7(17)3-8(18)2-6/h1-5H,17-18H2,(H,19,20). The van der Waals surface area contributed by atoms with Gasteiger partial charge in [-0.25, -0.2) is 8.78 Å². The van der Waals surface area contributed by atoms with Gasteiger partial charge in [-0.2, -0.15) is 0 Å². The Morgan fingerprint density at radius 1 is 1.00 bits per heavy atom. The number of carbonyl (C=O) groups is 1. The van der Waals surface area contributed by atoms with Crippen LogP contribution in [0.4, 0.5) is 25.8 Å². The molecule has 0 aromatic heterocycles. The van der Waals surface area contributed by atoms with Crippen molar-refractivity contribution in [3.05, 3.63) is 52.0 Å². The summed E-state index contributed by atoms with van der Waals surface area (Å²) in [5.74, 6) is -2.23. The van der Waals surface area contributed by atoms with Crippen LogP contribution < -0.4 is 16.8 Å². The van der Waals surface area contributed by atoms with E-state index in [1.165, 1.54) is 18.2 Å². The molecule has 0 spiro atoms. The number of carbonyl (C=O) groups excluding carboxylic acids is 1. The van der Waals surface area contributed by atoms with Crippen molar-refractivity contribution in [2.45, 2.75) is 0 Å². The zero-order valence-electron chi connectivity index (χ0n) is 10.1. The second-order valence-corrected chi connectivity index (χ2v) is 4.94. The highest BCUT2D eigenvalue weighted by molar-refractivity contribution is 9.10. The number of hydrogen-bond acceptors (Lipinski definition) is 3. The lowest BCUT2D eigenvalue weighted by Gasteiger charge is -2.09. The molecule has 4 nitrogen and oxygen atoms in total. The van der Waals surface area contributed by atoms with Gasteiger partial charge >= 0.3 is 0 Å². The maximum atomic E-state index is 13.5. The molecule has 0 saturated heterocycles. The van der Waals surface area contributed by atoms with Crippen LogP contribution in [0.25, 0.3) is 0 Å². The maximum Gasteiger partial charge on any atom is 0.255 e. The van der Waals surface area contributed by atoms with Gasteiger partial charge in [0, 0.05) is 23.0 Å². The molecule has 0 saturated carbocycles. The lowest BCUT2D eigenvalue weighted by atomic mass is 10.1. The fourth-order valence-corrected chi connectivity index (χ4v) is 1.96. The molecule has 0 aliphatic carbocycles. The number of nitrogens with one attached hydrogen (secondary N) is 1. The van der Waals surface area contributed by atoms with Crippen LogP contribution in [0, 0.1) is 11.6 Å². The van der Waals surface area contributed by atoms with E-state index in [2.05, 4.69) is 21.2 Å². The van der Waals surface area contributed by atoms with Gasteiger partial charge in [-0.05, 0) is 40.2 Å². The van der Waals surface area contributed by atoms with Crippen molar-refractivity contribution >= 4 is 38.9 Å². The Balaban J connectivity index is 2.30. The number of benzene rings is 2. The Labute approximate surface area is 121 Å². The van der Waals surface area contributed by atoms with Crippen molar-refractivity contribution in [3.63, 3.8) is 0 Å². The van der Waals surface area contributed by atoms with Gasteiger partial charge in [0.25, 0.3) is 5.91 Å². The minimum absolute atomic E-state index is 0.0429. The van der Waals surface area contributed by atoms with Crippen molar-refractivity contribution in [1.29, 1.82) is 0 Å². The van der Waals surface area contributed by atoms with Gasteiger partial charge in [-0.1, -0.05) is 0 Å². The molecular formula is C13H10BrF2N3O. The third-order valence-electron chi connectivity index (χ3n) is 2.50. The second kappa shape index (κ2) is 5.46. The molecular weight excluding hydrogens is 332 g/mol. The molecule has 0 radical (unpaired) electrons. The number of hydrogen-bond donors (Lipinski definition) is 3. The van der Waals surface area contributed by atoms with Crippen molar-refractivity contribution in [2.75, 3.05) is 16.8 Å². The van der Waals surface area contributed by atoms with Crippen LogP contribution in [-0.4, -0.2) is 5.91 Å². The molecule has 0 aliphatic heterocycles. The molecule has 0 bridgehead atoms. The van der Waals surface area contributed by atoms with Crippen molar-refractivity contribution < 1.29 is 13.6 Å². The normalized spacial score (nSPS) is 10.3. The predicted molar refractivity (Wildman–Crippen MR) is 77.3 cm³/mol. The zero-order valence-corrected chi connectivity index (χ0v) is 11.7. The third-order valence-corrected chi connectivity index (χ3v) is 3.11. The van der Waals surface area contributed by atoms with Gasteiger partial charge in [0.05, 0.1) is 10.2 Å². The van der Waals surface area contributed by atoms with E-state index in [0.29, 0.717) is 17.4 Å². The highest BCUT2D eigenvalue weighted by Crippen LogP contribution is 2.24. The molecule has 0 fully saturated rings. The topological polar surface area (TPSA) is 81.1 Å². The first-order valence-electron chi connectivity index (χ1n) is 5.49. The maximum absolute atomic E-state index is 13.5. The van der Waals surface area contributed by atoms with E-state index >= 15 is 0 Å². The Bertz CT molecular complexity index is 671.